The van der Waals surface area contributed by atoms with Gasteiger partial charge in [-0.05, 0) is 55.3 Å². The lowest BCUT2D eigenvalue weighted by Gasteiger charge is -2.42. The van der Waals surface area contributed by atoms with Crippen molar-refractivity contribution in [3.63, 3.8) is 0 Å². The molecular formula is C34H39F3N4O5. The van der Waals surface area contributed by atoms with E-state index in [9.17, 15) is 27.9 Å². The lowest BCUT2D eigenvalue weighted by molar-refractivity contribution is -0.275. The zero-order valence-corrected chi connectivity index (χ0v) is 25.8. The van der Waals surface area contributed by atoms with Crippen molar-refractivity contribution >= 4 is 17.5 Å². The van der Waals surface area contributed by atoms with Crippen LogP contribution in [0.3, 0.4) is 0 Å². The Morgan fingerprint density at radius 1 is 1.04 bits per heavy atom. The highest BCUT2D eigenvalue weighted by molar-refractivity contribution is 5.98. The molecule has 9 nitrogen and oxygen atoms in total. The van der Waals surface area contributed by atoms with Crippen molar-refractivity contribution in [2.24, 2.45) is 5.92 Å². The molecule has 0 saturated carbocycles. The fourth-order valence-corrected chi connectivity index (χ4v) is 5.97. The standard InChI is InChI=1S/C34H39F3N4O5/c1-22-29(20-40(2)19-16-26-6-3-4-17-38-26)45-32(46-30(22)24-10-8-23(21-42)9-11-24)25-12-14-27(15-13-25)39-31(43)28-7-5-18-41(28)33(44)34(35,36)37/h3-4,6,8-15,17,22,28-30,32,42H,5,7,16,18-21H2,1-2H3,(H,39,43). The Bertz CT molecular complexity index is 1460. The number of rotatable bonds is 10. The van der Waals surface area contributed by atoms with Gasteiger partial charge in [-0.15, -0.1) is 0 Å². The number of aliphatic hydroxyl groups is 1. The van der Waals surface area contributed by atoms with Crippen LogP contribution in [0.15, 0.2) is 72.9 Å². The van der Waals surface area contributed by atoms with Gasteiger partial charge in [0.2, 0.25) is 5.91 Å². The molecule has 1 aromatic heterocycles. The third-order valence-electron chi connectivity index (χ3n) is 8.60. The average Bonchev–Trinajstić information content (AvgIpc) is 3.55. The van der Waals surface area contributed by atoms with Crippen LogP contribution in [0, 0.1) is 5.92 Å². The molecule has 46 heavy (non-hydrogen) atoms. The number of nitrogens with one attached hydrogen (secondary N) is 1. The van der Waals surface area contributed by atoms with Gasteiger partial charge in [-0.3, -0.25) is 14.6 Å². The third kappa shape index (κ3) is 8.11. The number of carbonyl (C=O) groups is 2. The smallest absolute Gasteiger partial charge is 0.392 e. The van der Waals surface area contributed by atoms with E-state index in [1.165, 1.54) is 0 Å². The van der Waals surface area contributed by atoms with Crippen LogP contribution in [0.25, 0.3) is 0 Å². The topological polar surface area (TPSA) is 104 Å². The molecule has 2 N–H and O–H groups in total. The summed E-state index contributed by atoms with van der Waals surface area (Å²) in [5, 5.41) is 12.2. The Morgan fingerprint density at radius 2 is 1.76 bits per heavy atom. The molecule has 2 saturated heterocycles. The van der Waals surface area contributed by atoms with Crippen LogP contribution >= 0.6 is 0 Å². The van der Waals surface area contributed by atoms with Crippen LogP contribution in [0.1, 0.15) is 54.5 Å². The van der Waals surface area contributed by atoms with Crippen LogP contribution in [0.2, 0.25) is 0 Å². The Hall–Kier alpha value is -3.84. The molecule has 2 aromatic carbocycles. The maximum Gasteiger partial charge on any atom is 0.471 e. The predicted octanol–water partition coefficient (Wildman–Crippen LogP) is 5.03. The van der Waals surface area contributed by atoms with E-state index in [0.717, 1.165) is 29.8 Å². The normalized spacial score (nSPS) is 23.5. The number of pyridine rings is 1. The quantitative estimate of drug-likeness (QED) is 0.321. The van der Waals surface area contributed by atoms with E-state index in [2.05, 4.69) is 22.1 Å². The molecule has 0 bridgehead atoms. The maximum atomic E-state index is 13.0. The van der Waals surface area contributed by atoms with Crippen molar-refractivity contribution in [1.29, 1.82) is 0 Å². The Kier molecular flexibility index (Phi) is 10.7. The number of alkyl halides is 3. The van der Waals surface area contributed by atoms with E-state index in [1.54, 1.807) is 30.5 Å². The van der Waals surface area contributed by atoms with Crippen LogP contribution in [0.5, 0.6) is 0 Å². The molecule has 2 fully saturated rings. The van der Waals surface area contributed by atoms with Crippen LogP contribution < -0.4 is 5.32 Å². The summed E-state index contributed by atoms with van der Waals surface area (Å²) in [6, 6.07) is 19.1. The first kappa shape index (κ1) is 33.5. The first-order valence-corrected chi connectivity index (χ1v) is 15.4. The average molecular weight is 641 g/mol. The molecule has 3 heterocycles. The second-order valence-corrected chi connectivity index (χ2v) is 11.9. The summed E-state index contributed by atoms with van der Waals surface area (Å²) in [4.78, 5) is 31.9. The Morgan fingerprint density at radius 3 is 2.41 bits per heavy atom. The van der Waals surface area contributed by atoms with Gasteiger partial charge in [0.15, 0.2) is 6.29 Å². The molecule has 0 radical (unpaired) electrons. The summed E-state index contributed by atoms with van der Waals surface area (Å²) in [6.07, 6.45) is -3.22. The van der Waals surface area contributed by atoms with Crippen molar-refractivity contribution in [3.05, 3.63) is 95.3 Å². The molecule has 5 rings (SSSR count). The summed E-state index contributed by atoms with van der Waals surface area (Å²) in [5.74, 6) is -2.68. The zero-order valence-electron chi connectivity index (χ0n) is 25.8. The van der Waals surface area contributed by atoms with Gasteiger partial charge in [0.1, 0.15) is 6.04 Å². The number of carbonyl (C=O) groups excluding carboxylic acids is 2. The van der Waals surface area contributed by atoms with E-state index >= 15 is 0 Å². The molecule has 5 atom stereocenters. The summed E-state index contributed by atoms with van der Waals surface area (Å²) < 4.78 is 52.1. The molecule has 246 valence electrons. The maximum absolute atomic E-state index is 13.0. The SMILES string of the molecule is CC1C(CN(C)CCc2ccccn2)OC(c2ccc(NC(=O)C3CCCN3C(=O)C(F)(F)F)cc2)OC1c1ccc(CO)cc1. The van der Waals surface area contributed by atoms with Crippen molar-refractivity contribution in [2.45, 2.75) is 63.5 Å². The van der Waals surface area contributed by atoms with E-state index in [0.29, 0.717) is 29.1 Å². The minimum atomic E-state index is -5.04. The van der Waals surface area contributed by atoms with Gasteiger partial charge in [0.25, 0.3) is 0 Å². The van der Waals surface area contributed by atoms with Gasteiger partial charge < -0.3 is 29.7 Å². The van der Waals surface area contributed by atoms with E-state index in [4.69, 9.17) is 9.47 Å². The molecule has 12 heteroatoms. The fraction of sp³-hybridized carbons (Fsp3) is 0.441. The number of aliphatic hydroxyl groups excluding tert-OH is 1. The minimum Gasteiger partial charge on any atom is -0.392 e. The number of anilines is 1. The lowest BCUT2D eigenvalue weighted by atomic mass is 9.90. The van der Waals surface area contributed by atoms with E-state index in [1.807, 2.05) is 49.5 Å². The summed E-state index contributed by atoms with van der Waals surface area (Å²) >= 11 is 0. The monoisotopic (exact) mass is 640 g/mol. The molecular weight excluding hydrogens is 601 g/mol. The molecule has 0 spiro atoms. The summed E-state index contributed by atoms with van der Waals surface area (Å²) in [5.41, 5.74) is 3.85. The van der Waals surface area contributed by atoms with Crippen LogP contribution in [-0.2, 0) is 32.1 Å². The number of halogens is 3. The van der Waals surface area contributed by atoms with Gasteiger partial charge in [-0.25, -0.2) is 0 Å². The molecule has 2 aliphatic rings. The highest BCUT2D eigenvalue weighted by atomic mass is 19.4. The van der Waals surface area contributed by atoms with Gasteiger partial charge in [-0.1, -0.05) is 49.4 Å². The first-order valence-electron chi connectivity index (χ1n) is 15.4. The highest BCUT2D eigenvalue weighted by Gasteiger charge is 2.47. The number of benzene rings is 2. The van der Waals surface area contributed by atoms with Crippen molar-refractivity contribution in [2.75, 3.05) is 32.0 Å². The van der Waals surface area contributed by atoms with Gasteiger partial charge in [-0.2, -0.15) is 13.2 Å². The number of likely N-dealkylation sites (tertiary alicyclic amines) is 1. The molecule has 0 aliphatic carbocycles. The van der Waals surface area contributed by atoms with Gasteiger partial charge in [0.05, 0.1) is 18.8 Å². The summed E-state index contributed by atoms with van der Waals surface area (Å²) in [6.45, 7) is 3.34. The molecule has 2 aliphatic heterocycles. The van der Waals surface area contributed by atoms with E-state index in [-0.39, 0.29) is 37.7 Å². The highest BCUT2D eigenvalue weighted by Crippen LogP contribution is 2.42. The van der Waals surface area contributed by atoms with Crippen molar-refractivity contribution in [1.82, 2.24) is 14.8 Å². The van der Waals surface area contributed by atoms with Gasteiger partial charge in [0, 0.05) is 55.1 Å². The number of amides is 2. The lowest BCUT2D eigenvalue weighted by Crippen LogP contribution is -2.48. The van der Waals surface area contributed by atoms with Crippen LogP contribution in [0.4, 0.5) is 18.9 Å². The summed E-state index contributed by atoms with van der Waals surface area (Å²) in [7, 11) is 2.04. The Labute approximate surface area is 266 Å². The molecule has 5 unspecified atom stereocenters. The largest absolute Gasteiger partial charge is 0.471 e. The minimum absolute atomic E-state index is 0.0131. The second-order valence-electron chi connectivity index (χ2n) is 11.9. The number of likely N-dealkylation sites (N-methyl/N-ethyl adjacent to an activating group) is 1. The number of ether oxygens (including phenoxy) is 2. The number of nitrogens with zero attached hydrogens (tertiary/aromatic N) is 3. The zero-order chi connectivity index (χ0) is 32.8. The number of hydrogen-bond acceptors (Lipinski definition) is 7. The molecule has 3 aromatic rings. The van der Waals surface area contributed by atoms with E-state index < -0.39 is 30.3 Å². The van der Waals surface area contributed by atoms with Crippen LogP contribution in [-0.4, -0.2) is 76.7 Å². The third-order valence-corrected chi connectivity index (χ3v) is 8.60. The number of hydrogen-bond donors (Lipinski definition) is 2. The predicted molar refractivity (Wildman–Crippen MR) is 164 cm³/mol. The van der Waals surface area contributed by atoms with Crippen molar-refractivity contribution < 1.29 is 37.3 Å². The second kappa shape index (κ2) is 14.7. The van der Waals surface area contributed by atoms with Gasteiger partial charge >= 0.3 is 12.1 Å². The fourth-order valence-electron chi connectivity index (χ4n) is 5.97. The molecule has 2 amide bonds. The number of aromatic nitrogens is 1. The first-order chi connectivity index (χ1) is 22.0. The Balaban J connectivity index is 1.29. The van der Waals surface area contributed by atoms with Crippen molar-refractivity contribution in [3.8, 4) is 0 Å².